The molecule has 0 aliphatic heterocycles. The van der Waals surface area contributed by atoms with Crippen LogP contribution in [-0.2, 0) is 4.79 Å². The Morgan fingerprint density at radius 2 is 1.29 bits per heavy atom. The Bertz CT molecular complexity index is 1150. The first-order valence-corrected chi connectivity index (χ1v) is 10.9. The summed E-state index contributed by atoms with van der Waals surface area (Å²) in [5.74, 6) is -0.0202. The van der Waals surface area contributed by atoms with Gasteiger partial charge in [0.1, 0.15) is 11.4 Å². The number of carbonyl (C=O) groups excluding carboxylic acids is 1. The Morgan fingerprint density at radius 3 is 1.87 bits per heavy atom. The van der Waals surface area contributed by atoms with Crippen molar-refractivity contribution in [3.8, 4) is 22.5 Å². The maximum Gasteiger partial charge on any atom is 0.240 e. The minimum Gasteiger partial charge on any atom is -0.315 e. The lowest BCUT2D eigenvalue weighted by Gasteiger charge is -2.20. The molecule has 0 fully saturated rings. The summed E-state index contributed by atoms with van der Waals surface area (Å²) in [6.07, 6.45) is 0. The summed E-state index contributed by atoms with van der Waals surface area (Å²) in [5.41, 5.74) is 4.23. The number of anilines is 1. The lowest BCUT2D eigenvalue weighted by Crippen LogP contribution is -2.33. The van der Waals surface area contributed by atoms with Gasteiger partial charge in [0.05, 0.1) is 5.25 Å². The largest absolute Gasteiger partial charge is 0.315 e. The lowest BCUT2D eigenvalue weighted by atomic mass is 10.0. The summed E-state index contributed by atoms with van der Waals surface area (Å²) in [5, 5.41) is 8.92. The molecule has 3 aromatic carbocycles. The van der Waals surface area contributed by atoms with Gasteiger partial charge >= 0.3 is 0 Å². The van der Waals surface area contributed by atoms with Gasteiger partial charge in [-0.2, -0.15) is 0 Å². The molecule has 31 heavy (non-hydrogen) atoms. The van der Waals surface area contributed by atoms with Crippen molar-refractivity contribution in [3.05, 3.63) is 91.0 Å². The summed E-state index contributed by atoms with van der Waals surface area (Å²) in [6, 6.07) is 29.4. The van der Waals surface area contributed by atoms with Gasteiger partial charge in [-0.25, -0.2) is 4.98 Å². The van der Waals surface area contributed by atoms with Crippen molar-refractivity contribution in [2.75, 3.05) is 11.9 Å². The second-order valence-electron chi connectivity index (χ2n) is 7.02. The molecule has 0 saturated heterocycles. The van der Waals surface area contributed by atoms with Crippen molar-refractivity contribution in [1.29, 1.82) is 0 Å². The number of para-hydroxylation sites is 1. The number of amides is 1. The minimum atomic E-state index is -0.363. The molecule has 1 aromatic heterocycles. The Labute approximate surface area is 186 Å². The van der Waals surface area contributed by atoms with Crippen LogP contribution in [0.25, 0.3) is 22.5 Å². The van der Waals surface area contributed by atoms with Gasteiger partial charge in [0, 0.05) is 23.9 Å². The quantitative estimate of drug-likeness (QED) is 0.389. The standard InChI is InChI=1S/C25H22N4OS/c1-18(24(30)29(2)21-16-10-5-11-17-21)31-25-26-22(19-12-6-3-7-13-19)23(27-28-25)20-14-8-4-9-15-20/h3-18H,1-2H3/t18-/m0/s1. The Hall–Kier alpha value is -3.51. The monoisotopic (exact) mass is 426 g/mol. The first kappa shape index (κ1) is 20.8. The normalized spacial score (nSPS) is 11.7. The van der Waals surface area contributed by atoms with Crippen LogP contribution >= 0.6 is 11.8 Å². The van der Waals surface area contributed by atoms with E-state index in [-0.39, 0.29) is 11.2 Å². The van der Waals surface area contributed by atoms with E-state index in [1.165, 1.54) is 11.8 Å². The van der Waals surface area contributed by atoms with Crippen LogP contribution in [0.4, 0.5) is 5.69 Å². The number of nitrogens with zero attached hydrogens (tertiary/aromatic N) is 4. The second kappa shape index (κ2) is 9.53. The van der Waals surface area contributed by atoms with Crippen LogP contribution in [0, 0.1) is 0 Å². The molecule has 0 N–H and O–H groups in total. The number of rotatable bonds is 6. The fourth-order valence-corrected chi connectivity index (χ4v) is 4.02. The molecule has 6 heteroatoms. The molecule has 0 aliphatic rings. The van der Waals surface area contributed by atoms with E-state index < -0.39 is 0 Å². The molecule has 0 aliphatic carbocycles. The van der Waals surface area contributed by atoms with Gasteiger partial charge in [0.2, 0.25) is 11.1 Å². The molecule has 4 rings (SSSR count). The number of benzene rings is 3. The first-order valence-electron chi connectivity index (χ1n) is 9.98. The first-order chi connectivity index (χ1) is 15.1. The van der Waals surface area contributed by atoms with Gasteiger partial charge in [-0.3, -0.25) is 4.79 Å². The molecule has 1 heterocycles. The fraction of sp³-hybridized carbons (Fsp3) is 0.120. The van der Waals surface area contributed by atoms with E-state index in [1.807, 2.05) is 97.9 Å². The molecule has 0 unspecified atom stereocenters. The third-order valence-corrected chi connectivity index (χ3v) is 5.80. The molecule has 1 atom stereocenters. The van der Waals surface area contributed by atoms with Crippen LogP contribution in [0.3, 0.4) is 0 Å². The number of thioether (sulfide) groups is 1. The van der Waals surface area contributed by atoms with Crippen LogP contribution in [0.5, 0.6) is 0 Å². The molecular formula is C25H22N4OS. The molecule has 0 saturated carbocycles. The highest BCUT2D eigenvalue weighted by molar-refractivity contribution is 8.00. The molecule has 5 nitrogen and oxygen atoms in total. The average molecular weight is 427 g/mol. The van der Waals surface area contributed by atoms with Crippen molar-refractivity contribution in [2.45, 2.75) is 17.3 Å². The van der Waals surface area contributed by atoms with Crippen LogP contribution < -0.4 is 4.90 Å². The van der Waals surface area contributed by atoms with Crippen molar-refractivity contribution in [3.63, 3.8) is 0 Å². The van der Waals surface area contributed by atoms with Gasteiger partial charge in [-0.15, -0.1) is 10.2 Å². The summed E-state index contributed by atoms with van der Waals surface area (Å²) < 4.78 is 0. The summed E-state index contributed by atoms with van der Waals surface area (Å²) >= 11 is 1.31. The predicted molar refractivity (Wildman–Crippen MR) is 126 cm³/mol. The molecule has 0 bridgehead atoms. The highest BCUT2D eigenvalue weighted by atomic mass is 32.2. The van der Waals surface area contributed by atoms with Crippen LogP contribution in [0.1, 0.15) is 6.92 Å². The van der Waals surface area contributed by atoms with E-state index >= 15 is 0 Å². The van der Waals surface area contributed by atoms with E-state index in [1.54, 1.807) is 11.9 Å². The topological polar surface area (TPSA) is 59.0 Å². The Morgan fingerprint density at radius 1 is 0.774 bits per heavy atom. The third-order valence-electron chi connectivity index (χ3n) is 4.87. The average Bonchev–Trinajstić information content (AvgIpc) is 2.84. The molecule has 154 valence electrons. The SMILES string of the molecule is C[C@H](Sc1nnc(-c2ccccc2)c(-c2ccccc2)n1)C(=O)N(C)c1ccccc1. The molecule has 1 amide bonds. The highest BCUT2D eigenvalue weighted by Gasteiger charge is 2.22. The summed E-state index contributed by atoms with van der Waals surface area (Å²) in [4.78, 5) is 19.4. The maximum absolute atomic E-state index is 12.9. The summed E-state index contributed by atoms with van der Waals surface area (Å²) in [6.45, 7) is 1.86. The van der Waals surface area contributed by atoms with Gasteiger partial charge < -0.3 is 4.90 Å². The van der Waals surface area contributed by atoms with Crippen molar-refractivity contribution >= 4 is 23.4 Å². The van der Waals surface area contributed by atoms with Crippen molar-refractivity contribution in [2.24, 2.45) is 0 Å². The highest BCUT2D eigenvalue weighted by Crippen LogP contribution is 2.31. The number of aromatic nitrogens is 3. The summed E-state index contributed by atoms with van der Waals surface area (Å²) in [7, 11) is 1.78. The number of hydrogen-bond acceptors (Lipinski definition) is 5. The minimum absolute atomic E-state index is 0.0202. The Balaban J connectivity index is 1.63. The lowest BCUT2D eigenvalue weighted by molar-refractivity contribution is -0.117. The molecule has 4 aromatic rings. The van der Waals surface area contributed by atoms with Crippen LogP contribution in [0.2, 0.25) is 0 Å². The maximum atomic E-state index is 12.9. The molecular weight excluding hydrogens is 404 g/mol. The van der Waals surface area contributed by atoms with Gasteiger partial charge in [-0.05, 0) is 19.1 Å². The molecule has 0 radical (unpaired) electrons. The van der Waals surface area contributed by atoms with Gasteiger partial charge in [-0.1, -0.05) is 90.6 Å². The predicted octanol–water partition coefficient (Wildman–Crippen LogP) is 5.35. The second-order valence-corrected chi connectivity index (χ2v) is 8.32. The van der Waals surface area contributed by atoms with Gasteiger partial charge in [0.25, 0.3) is 0 Å². The van der Waals surface area contributed by atoms with E-state index in [4.69, 9.17) is 4.98 Å². The van der Waals surface area contributed by atoms with Crippen molar-refractivity contribution in [1.82, 2.24) is 15.2 Å². The van der Waals surface area contributed by atoms with Crippen LogP contribution in [-0.4, -0.2) is 33.4 Å². The Kier molecular flexibility index (Phi) is 6.38. The van der Waals surface area contributed by atoms with Gasteiger partial charge in [0.15, 0.2) is 0 Å². The molecule has 0 spiro atoms. The third kappa shape index (κ3) is 4.81. The van der Waals surface area contributed by atoms with Crippen molar-refractivity contribution < 1.29 is 4.79 Å². The van der Waals surface area contributed by atoms with E-state index in [0.717, 1.165) is 28.2 Å². The zero-order valence-electron chi connectivity index (χ0n) is 17.3. The fourth-order valence-electron chi connectivity index (χ4n) is 3.21. The van der Waals surface area contributed by atoms with E-state index in [0.29, 0.717) is 5.16 Å². The van der Waals surface area contributed by atoms with E-state index in [9.17, 15) is 4.79 Å². The van der Waals surface area contributed by atoms with Crippen LogP contribution in [0.15, 0.2) is 96.2 Å². The zero-order chi connectivity index (χ0) is 21.6. The van der Waals surface area contributed by atoms with E-state index in [2.05, 4.69) is 10.2 Å². The zero-order valence-corrected chi connectivity index (χ0v) is 18.2. The number of hydrogen-bond donors (Lipinski definition) is 0. The number of carbonyl (C=O) groups is 1. The smallest absolute Gasteiger partial charge is 0.240 e.